The maximum atomic E-state index is 5.42. The summed E-state index contributed by atoms with van der Waals surface area (Å²) in [5, 5.41) is 3.52. The maximum absolute atomic E-state index is 5.42. The van der Waals surface area contributed by atoms with E-state index in [4.69, 9.17) is 9.47 Å². The van der Waals surface area contributed by atoms with Gasteiger partial charge in [0.2, 0.25) is 0 Å². The van der Waals surface area contributed by atoms with Crippen molar-refractivity contribution < 1.29 is 9.47 Å². The Hall–Kier alpha value is -1.06. The molecular weight excluding hydrogens is 226 g/mol. The first-order valence-corrected chi connectivity index (χ1v) is 6.61. The topological polar surface area (TPSA) is 30.5 Å². The van der Waals surface area contributed by atoms with Crippen LogP contribution in [0.15, 0.2) is 24.3 Å². The SMILES string of the molecule is CCOc1ccc(CNC(COC)C(C)C)cc1. The summed E-state index contributed by atoms with van der Waals surface area (Å²) < 4.78 is 10.6. The highest BCUT2D eigenvalue weighted by atomic mass is 16.5. The van der Waals surface area contributed by atoms with Gasteiger partial charge in [-0.25, -0.2) is 0 Å². The van der Waals surface area contributed by atoms with Crippen molar-refractivity contribution in [2.45, 2.75) is 33.4 Å². The van der Waals surface area contributed by atoms with E-state index in [1.54, 1.807) is 7.11 Å². The van der Waals surface area contributed by atoms with Crippen LogP contribution in [0.1, 0.15) is 26.3 Å². The second kappa shape index (κ2) is 8.11. The molecule has 1 atom stereocenters. The van der Waals surface area contributed by atoms with Crippen LogP contribution in [0.3, 0.4) is 0 Å². The molecule has 0 aliphatic carbocycles. The molecule has 0 spiro atoms. The van der Waals surface area contributed by atoms with Crippen molar-refractivity contribution in [1.29, 1.82) is 0 Å². The monoisotopic (exact) mass is 251 g/mol. The number of rotatable bonds is 8. The molecule has 18 heavy (non-hydrogen) atoms. The van der Waals surface area contributed by atoms with Crippen molar-refractivity contribution in [2.24, 2.45) is 5.92 Å². The molecule has 102 valence electrons. The fraction of sp³-hybridized carbons (Fsp3) is 0.600. The third-order valence-corrected chi connectivity index (χ3v) is 2.95. The maximum Gasteiger partial charge on any atom is 0.119 e. The Balaban J connectivity index is 2.46. The van der Waals surface area contributed by atoms with Crippen LogP contribution < -0.4 is 10.1 Å². The highest BCUT2D eigenvalue weighted by Crippen LogP contribution is 2.12. The van der Waals surface area contributed by atoms with Gasteiger partial charge in [-0.05, 0) is 30.5 Å². The van der Waals surface area contributed by atoms with Gasteiger partial charge in [0.05, 0.1) is 13.2 Å². The summed E-state index contributed by atoms with van der Waals surface area (Å²) in [5.74, 6) is 1.49. The van der Waals surface area contributed by atoms with Crippen molar-refractivity contribution in [3.63, 3.8) is 0 Å². The van der Waals surface area contributed by atoms with Crippen LogP contribution in [-0.4, -0.2) is 26.4 Å². The first-order valence-electron chi connectivity index (χ1n) is 6.61. The average Bonchev–Trinajstić information content (AvgIpc) is 2.36. The highest BCUT2D eigenvalue weighted by Gasteiger charge is 2.11. The van der Waals surface area contributed by atoms with E-state index in [1.807, 2.05) is 19.1 Å². The molecule has 0 amide bonds. The van der Waals surface area contributed by atoms with Gasteiger partial charge in [-0.3, -0.25) is 0 Å². The lowest BCUT2D eigenvalue weighted by molar-refractivity contribution is 0.146. The lowest BCUT2D eigenvalue weighted by atomic mass is 10.0. The Bertz CT molecular complexity index is 322. The van der Waals surface area contributed by atoms with E-state index < -0.39 is 0 Å². The fourth-order valence-corrected chi connectivity index (χ4v) is 1.79. The van der Waals surface area contributed by atoms with Gasteiger partial charge >= 0.3 is 0 Å². The molecule has 3 nitrogen and oxygen atoms in total. The van der Waals surface area contributed by atoms with Crippen molar-refractivity contribution >= 4 is 0 Å². The first-order chi connectivity index (χ1) is 8.67. The van der Waals surface area contributed by atoms with E-state index in [9.17, 15) is 0 Å². The number of nitrogens with one attached hydrogen (secondary N) is 1. The molecule has 0 saturated heterocycles. The molecule has 0 saturated carbocycles. The van der Waals surface area contributed by atoms with Crippen molar-refractivity contribution in [3.05, 3.63) is 29.8 Å². The third-order valence-electron chi connectivity index (χ3n) is 2.95. The second-order valence-corrected chi connectivity index (χ2v) is 4.76. The first kappa shape index (κ1) is 15.0. The minimum Gasteiger partial charge on any atom is -0.494 e. The predicted molar refractivity (Wildman–Crippen MR) is 75.0 cm³/mol. The Labute approximate surface area is 110 Å². The predicted octanol–water partition coefficient (Wildman–Crippen LogP) is 2.85. The smallest absolute Gasteiger partial charge is 0.119 e. The minimum absolute atomic E-state index is 0.390. The van der Waals surface area contributed by atoms with Gasteiger partial charge in [-0.1, -0.05) is 26.0 Å². The van der Waals surface area contributed by atoms with Gasteiger partial charge in [0, 0.05) is 19.7 Å². The number of methoxy groups -OCH3 is 1. The largest absolute Gasteiger partial charge is 0.494 e. The molecule has 0 radical (unpaired) electrons. The average molecular weight is 251 g/mol. The van der Waals surface area contributed by atoms with E-state index in [-0.39, 0.29) is 0 Å². The molecule has 1 aromatic carbocycles. The van der Waals surface area contributed by atoms with Crippen LogP contribution >= 0.6 is 0 Å². The van der Waals surface area contributed by atoms with E-state index in [0.29, 0.717) is 18.6 Å². The Kier molecular flexibility index (Phi) is 6.76. The Morgan fingerprint density at radius 1 is 1.17 bits per heavy atom. The molecule has 0 aliphatic rings. The molecule has 3 heteroatoms. The zero-order valence-corrected chi connectivity index (χ0v) is 11.9. The summed E-state index contributed by atoms with van der Waals surface area (Å²) in [6.45, 7) is 8.71. The van der Waals surface area contributed by atoms with Crippen molar-refractivity contribution in [3.8, 4) is 5.75 Å². The van der Waals surface area contributed by atoms with Crippen molar-refractivity contribution in [2.75, 3.05) is 20.3 Å². The van der Waals surface area contributed by atoms with Gasteiger partial charge in [0.15, 0.2) is 0 Å². The van der Waals surface area contributed by atoms with Gasteiger partial charge in [0.1, 0.15) is 5.75 Å². The van der Waals surface area contributed by atoms with Crippen LogP contribution in [0.2, 0.25) is 0 Å². The molecule has 0 aliphatic heterocycles. The van der Waals surface area contributed by atoms with Crippen molar-refractivity contribution in [1.82, 2.24) is 5.32 Å². The van der Waals surface area contributed by atoms with E-state index in [0.717, 1.165) is 18.9 Å². The van der Waals surface area contributed by atoms with E-state index in [1.165, 1.54) is 5.56 Å². The zero-order valence-electron chi connectivity index (χ0n) is 11.9. The van der Waals surface area contributed by atoms with E-state index >= 15 is 0 Å². The lowest BCUT2D eigenvalue weighted by Gasteiger charge is -2.21. The number of benzene rings is 1. The third kappa shape index (κ3) is 5.07. The summed E-state index contributed by atoms with van der Waals surface area (Å²) in [7, 11) is 1.74. The number of hydrogen-bond donors (Lipinski definition) is 1. The van der Waals surface area contributed by atoms with Gasteiger partial charge < -0.3 is 14.8 Å². The summed E-state index contributed by atoms with van der Waals surface area (Å²) in [4.78, 5) is 0. The molecule has 0 fully saturated rings. The summed E-state index contributed by atoms with van der Waals surface area (Å²) in [6, 6.07) is 8.62. The van der Waals surface area contributed by atoms with Crippen LogP contribution in [0, 0.1) is 5.92 Å². The fourth-order valence-electron chi connectivity index (χ4n) is 1.79. The van der Waals surface area contributed by atoms with Gasteiger partial charge in [-0.15, -0.1) is 0 Å². The molecule has 1 N–H and O–H groups in total. The normalized spacial score (nSPS) is 12.7. The Morgan fingerprint density at radius 3 is 2.33 bits per heavy atom. The summed E-state index contributed by atoms with van der Waals surface area (Å²) in [6.07, 6.45) is 0. The highest BCUT2D eigenvalue weighted by molar-refractivity contribution is 5.27. The molecule has 0 heterocycles. The summed E-state index contributed by atoms with van der Waals surface area (Å²) in [5.41, 5.74) is 1.26. The minimum atomic E-state index is 0.390. The molecule has 1 rings (SSSR count). The van der Waals surface area contributed by atoms with Crippen LogP contribution in [0.5, 0.6) is 5.75 Å². The molecular formula is C15H25NO2. The number of hydrogen-bond acceptors (Lipinski definition) is 3. The quantitative estimate of drug-likeness (QED) is 0.770. The second-order valence-electron chi connectivity index (χ2n) is 4.76. The van der Waals surface area contributed by atoms with Crippen LogP contribution in [-0.2, 0) is 11.3 Å². The Morgan fingerprint density at radius 2 is 1.83 bits per heavy atom. The standard InChI is InChI=1S/C15H25NO2/c1-5-18-14-8-6-13(7-9-14)10-16-15(11-17-4)12(2)3/h6-9,12,15-16H,5,10-11H2,1-4H3. The molecule has 0 bridgehead atoms. The molecule has 1 aromatic rings. The van der Waals surface area contributed by atoms with Crippen LogP contribution in [0.4, 0.5) is 0 Å². The number of ether oxygens (including phenoxy) is 2. The molecule has 1 unspecified atom stereocenters. The lowest BCUT2D eigenvalue weighted by Crippen LogP contribution is -2.37. The van der Waals surface area contributed by atoms with Crippen LogP contribution in [0.25, 0.3) is 0 Å². The van der Waals surface area contributed by atoms with Gasteiger partial charge in [-0.2, -0.15) is 0 Å². The van der Waals surface area contributed by atoms with Gasteiger partial charge in [0.25, 0.3) is 0 Å². The molecule has 0 aromatic heterocycles. The summed E-state index contributed by atoms with van der Waals surface area (Å²) >= 11 is 0. The van der Waals surface area contributed by atoms with E-state index in [2.05, 4.69) is 31.3 Å². The zero-order chi connectivity index (χ0) is 13.4.